The smallest absolute Gasteiger partial charge is 0.244 e. The average Bonchev–Trinajstić information content (AvgIpc) is 2.96. The number of piperazine rings is 1. The quantitative estimate of drug-likeness (QED) is 0.870. The lowest BCUT2D eigenvalue weighted by Crippen LogP contribution is -2.56. The molecule has 0 saturated carbocycles. The second kappa shape index (κ2) is 6.68. The van der Waals surface area contributed by atoms with E-state index in [1.54, 1.807) is 11.8 Å². The van der Waals surface area contributed by atoms with Gasteiger partial charge in [-0.15, -0.1) is 0 Å². The van der Waals surface area contributed by atoms with Gasteiger partial charge in [0, 0.05) is 38.4 Å². The highest BCUT2D eigenvalue weighted by Gasteiger charge is 2.38. The van der Waals surface area contributed by atoms with Crippen molar-refractivity contribution in [1.29, 1.82) is 0 Å². The van der Waals surface area contributed by atoms with Crippen LogP contribution in [0, 0.1) is 0 Å². The number of nitrogens with zero attached hydrogens (tertiary/aromatic N) is 3. The van der Waals surface area contributed by atoms with Crippen LogP contribution in [0.2, 0.25) is 0 Å². The minimum absolute atomic E-state index is 0.00619. The van der Waals surface area contributed by atoms with Gasteiger partial charge in [0.1, 0.15) is 0 Å². The molecule has 3 rings (SSSR count). The number of anilines is 1. The Morgan fingerprint density at radius 1 is 1.13 bits per heavy atom. The molecule has 23 heavy (non-hydrogen) atoms. The van der Waals surface area contributed by atoms with Gasteiger partial charge in [-0.05, 0) is 25.5 Å². The molecule has 0 radical (unpaired) electrons. The Bertz CT molecular complexity index is 567. The minimum Gasteiger partial charge on any atom is -0.339 e. The molecule has 2 aliphatic heterocycles. The number of carbonyl (C=O) groups excluding carboxylic acids is 2. The van der Waals surface area contributed by atoms with Crippen LogP contribution in [-0.4, -0.2) is 66.4 Å². The monoisotopic (exact) mass is 316 g/mol. The second-order valence-electron chi connectivity index (χ2n) is 6.28. The summed E-state index contributed by atoms with van der Waals surface area (Å²) >= 11 is 0. The van der Waals surface area contributed by atoms with E-state index in [0.29, 0.717) is 13.1 Å². The first-order chi connectivity index (χ1) is 11.1. The fraction of sp³-hybridized carbons (Fsp3) is 0.529. The number of benzene rings is 1. The molecule has 0 spiro atoms. The highest BCUT2D eigenvalue weighted by Crippen LogP contribution is 2.24. The van der Waals surface area contributed by atoms with Crippen LogP contribution in [-0.2, 0) is 9.59 Å². The summed E-state index contributed by atoms with van der Waals surface area (Å²) in [7, 11) is 0. The summed E-state index contributed by atoms with van der Waals surface area (Å²) in [5.41, 5.74) is 6.63. The number of nitrogens with two attached hydrogens (primary N) is 1. The molecule has 0 aromatic heterocycles. The summed E-state index contributed by atoms with van der Waals surface area (Å²) in [5.74, 6) is 0.163. The van der Waals surface area contributed by atoms with Crippen molar-refractivity contribution in [2.75, 3.05) is 37.6 Å². The molecule has 2 N–H and O–H groups in total. The van der Waals surface area contributed by atoms with Crippen molar-refractivity contribution in [2.45, 2.75) is 25.4 Å². The maximum absolute atomic E-state index is 12.7. The number of amides is 2. The van der Waals surface area contributed by atoms with Gasteiger partial charge < -0.3 is 15.5 Å². The number of carbonyl (C=O) groups is 2. The zero-order valence-electron chi connectivity index (χ0n) is 13.5. The van der Waals surface area contributed by atoms with Crippen molar-refractivity contribution in [3.63, 3.8) is 0 Å². The van der Waals surface area contributed by atoms with Crippen molar-refractivity contribution in [2.24, 2.45) is 5.73 Å². The van der Waals surface area contributed by atoms with Crippen LogP contribution >= 0.6 is 0 Å². The van der Waals surface area contributed by atoms with E-state index in [9.17, 15) is 9.59 Å². The molecule has 1 aromatic rings. The first kappa shape index (κ1) is 16.0. The number of hydrogen-bond donors (Lipinski definition) is 1. The molecule has 1 unspecified atom stereocenters. The van der Waals surface area contributed by atoms with Crippen LogP contribution in [0.1, 0.15) is 13.3 Å². The summed E-state index contributed by atoms with van der Waals surface area (Å²) in [4.78, 5) is 30.5. The van der Waals surface area contributed by atoms with Crippen LogP contribution in [0.4, 0.5) is 5.69 Å². The predicted molar refractivity (Wildman–Crippen MR) is 89.0 cm³/mol. The van der Waals surface area contributed by atoms with E-state index in [1.165, 1.54) is 0 Å². The van der Waals surface area contributed by atoms with Gasteiger partial charge in [-0.1, -0.05) is 18.2 Å². The third-order valence-corrected chi connectivity index (χ3v) is 4.70. The standard InChI is InChI=1S/C17H24N4O2/c1-13(18)16(22)20-11-9-19(10-12-20)15-7-8-21(17(15)23)14-5-3-2-4-6-14/h2-6,13,15H,7-12,18H2,1H3/t13-,15?/m1/s1. The van der Waals surface area contributed by atoms with Crippen molar-refractivity contribution in [3.8, 4) is 0 Å². The van der Waals surface area contributed by atoms with E-state index < -0.39 is 6.04 Å². The number of para-hydroxylation sites is 1. The summed E-state index contributed by atoms with van der Waals surface area (Å²) in [6, 6.07) is 9.28. The number of hydrogen-bond acceptors (Lipinski definition) is 4. The fourth-order valence-electron chi connectivity index (χ4n) is 3.41. The second-order valence-corrected chi connectivity index (χ2v) is 6.28. The van der Waals surface area contributed by atoms with E-state index in [4.69, 9.17) is 5.73 Å². The lowest BCUT2D eigenvalue weighted by molar-refractivity contribution is -0.134. The van der Waals surface area contributed by atoms with E-state index in [0.717, 1.165) is 31.7 Å². The van der Waals surface area contributed by atoms with E-state index in [2.05, 4.69) is 4.90 Å². The first-order valence-corrected chi connectivity index (χ1v) is 8.23. The molecule has 2 heterocycles. The third-order valence-electron chi connectivity index (χ3n) is 4.70. The van der Waals surface area contributed by atoms with Crippen molar-refractivity contribution in [1.82, 2.24) is 9.80 Å². The largest absolute Gasteiger partial charge is 0.339 e. The summed E-state index contributed by atoms with van der Waals surface area (Å²) in [6.45, 7) is 5.24. The van der Waals surface area contributed by atoms with Gasteiger partial charge in [0.15, 0.2) is 0 Å². The molecule has 2 aliphatic rings. The Morgan fingerprint density at radius 2 is 1.78 bits per heavy atom. The van der Waals surface area contributed by atoms with Gasteiger partial charge in [-0.3, -0.25) is 14.5 Å². The molecule has 0 bridgehead atoms. The first-order valence-electron chi connectivity index (χ1n) is 8.23. The van der Waals surface area contributed by atoms with Gasteiger partial charge in [-0.2, -0.15) is 0 Å². The van der Waals surface area contributed by atoms with Crippen molar-refractivity contribution < 1.29 is 9.59 Å². The van der Waals surface area contributed by atoms with E-state index in [-0.39, 0.29) is 17.9 Å². The molecular formula is C17H24N4O2. The molecule has 2 amide bonds. The fourth-order valence-corrected chi connectivity index (χ4v) is 3.41. The topological polar surface area (TPSA) is 69.9 Å². The van der Waals surface area contributed by atoms with Gasteiger partial charge in [-0.25, -0.2) is 0 Å². The minimum atomic E-state index is -0.455. The Morgan fingerprint density at radius 3 is 2.39 bits per heavy atom. The Labute approximate surface area is 136 Å². The Kier molecular flexibility index (Phi) is 4.63. The summed E-state index contributed by atoms with van der Waals surface area (Å²) in [6.07, 6.45) is 0.842. The lowest BCUT2D eigenvalue weighted by Gasteiger charge is -2.37. The van der Waals surface area contributed by atoms with Gasteiger partial charge in [0.05, 0.1) is 12.1 Å². The molecule has 2 fully saturated rings. The molecule has 2 saturated heterocycles. The highest BCUT2D eigenvalue weighted by molar-refractivity contribution is 5.99. The summed E-state index contributed by atoms with van der Waals surface area (Å²) < 4.78 is 0. The zero-order valence-corrected chi connectivity index (χ0v) is 13.5. The highest BCUT2D eigenvalue weighted by atomic mass is 16.2. The predicted octanol–water partition coefficient (Wildman–Crippen LogP) is 0.283. The molecule has 0 aliphatic carbocycles. The Balaban J connectivity index is 1.60. The molecular weight excluding hydrogens is 292 g/mol. The molecule has 124 valence electrons. The molecule has 6 heteroatoms. The molecule has 1 aromatic carbocycles. The van der Waals surface area contributed by atoms with Gasteiger partial charge in [0.25, 0.3) is 0 Å². The molecule has 6 nitrogen and oxygen atoms in total. The number of rotatable bonds is 3. The normalized spacial score (nSPS) is 24.1. The van der Waals surface area contributed by atoms with Crippen LogP contribution in [0.15, 0.2) is 30.3 Å². The third kappa shape index (κ3) is 3.23. The van der Waals surface area contributed by atoms with E-state index in [1.807, 2.05) is 35.2 Å². The van der Waals surface area contributed by atoms with Crippen LogP contribution < -0.4 is 10.6 Å². The van der Waals surface area contributed by atoms with Crippen LogP contribution in [0.25, 0.3) is 0 Å². The Hall–Kier alpha value is -1.92. The zero-order chi connectivity index (χ0) is 16.4. The van der Waals surface area contributed by atoms with Crippen LogP contribution in [0.5, 0.6) is 0 Å². The van der Waals surface area contributed by atoms with Gasteiger partial charge in [0.2, 0.25) is 11.8 Å². The molecule has 2 atom stereocenters. The van der Waals surface area contributed by atoms with Crippen molar-refractivity contribution in [3.05, 3.63) is 30.3 Å². The van der Waals surface area contributed by atoms with Gasteiger partial charge >= 0.3 is 0 Å². The van der Waals surface area contributed by atoms with Crippen LogP contribution in [0.3, 0.4) is 0 Å². The maximum Gasteiger partial charge on any atom is 0.244 e. The SMILES string of the molecule is C[C@@H](N)C(=O)N1CCN(C2CCN(c3ccccc3)C2=O)CC1. The average molecular weight is 316 g/mol. The van der Waals surface area contributed by atoms with E-state index >= 15 is 0 Å². The lowest BCUT2D eigenvalue weighted by atomic mass is 10.1. The summed E-state index contributed by atoms with van der Waals surface area (Å²) in [5, 5.41) is 0. The van der Waals surface area contributed by atoms with Crippen molar-refractivity contribution >= 4 is 17.5 Å². The maximum atomic E-state index is 12.7.